The first kappa shape index (κ1) is 14.3. The predicted molar refractivity (Wildman–Crippen MR) is 75.4 cm³/mol. The molecule has 0 spiro atoms. The highest BCUT2D eigenvalue weighted by Gasteiger charge is 2.39. The van der Waals surface area contributed by atoms with Gasteiger partial charge >= 0.3 is 0 Å². The van der Waals surface area contributed by atoms with Crippen molar-refractivity contribution in [3.05, 3.63) is 0 Å². The molecule has 2 rings (SSSR count). The molecule has 1 aliphatic heterocycles. The predicted octanol–water partition coefficient (Wildman–Crippen LogP) is 2.37. The Balaban J connectivity index is 2.07. The average molecular weight is 273 g/mol. The molecule has 0 aromatic rings. The van der Waals surface area contributed by atoms with E-state index < -0.39 is 9.84 Å². The van der Waals surface area contributed by atoms with Crippen LogP contribution in [0.25, 0.3) is 0 Å². The Morgan fingerprint density at radius 1 is 1.06 bits per heavy atom. The van der Waals surface area contributed by atoms with Gasteiger partial charge in [0.15, 0.2) is 9.84 Å². The molecule has 0 amide bonds. The lowest BCUT2D eigenvalue weighted by atomic mass is 9.78. The Morgan fingerprint density at radius 2 is 1.72 bits per heavy atom. The fourth-order valence-electron chi connectivity index (χ4n) is 3.75. The van der Waals surface area contributed by atoms with Gasteiger partial charge in [0.05, 0.1) is 11.0 Å². The molecule has 2 fully saturated rings. The summed E-state index contributed by atoms with van der Waals surface area (Å²) in [5, 5.41) is 3.20. The summed E-state index contributed by atoms with van der Waals surface area (Å²) >= 11 is 0. The fraction of sp³-hybridized carbons (Fsp3) is 1.00. The van der Waals surface area contributed by atoms with Gasteiger partial charge in [-0.05, 0) is 44.6 Å². The van der Waals surface area contributed by atoms with Gasteiger partial charge < -0.3 is 5.32 Å². The van der Waals surface area contributed by atoms with Crippen molar-refractivity contribution in [1.29, 1.82) is 0 Å². The van der Waals surface area contributed by atoms with Gasteiger partial charge in [0.25, 0.3) is 0 Å². The van der Waals surface area contributed by atoms with E-state index in [1.807, 2.05) is 7.05 Å². The summed E-state index contributed by atoms with van der Waals surface area (Å²) in [5.41, 5.74) is 0. The van der Waals surface area contributed by atoms with E-state index in [-0.39, 0.29) is 11.3 Å². The molecule has 1 N–H and O–H groups in total. The zero-order valence-electron chi connectivity index (χ0n) is 11.7. The Morgan fingerprint density at radius 3 is 2.28 bits per heavy atom. The lowest BCUT2D eigenvalue weighted by Crippen LogP contribution is -2.50. The quantitative estimate of drug-likeness (QED) is 0.858. The first-order valence-corrected chi connectivity index (χ1v) is 9.15. The highest BCUT2D eigenvalue weighted by molar-refractivity contribution is 7.92. The lowest BCUT2D eigenvalue weighted by Gasteiger charge is -2.38. The van der Waals surface area contributed by atoms with Crippen molar-refractivity contribution in [1.82, 2.24) is 5.32 Å². The summed E-state index contributed by atoms with van der Waals surface area (Å²) < 4.78 is 24.5. The lowest BCUT2D eigenvalue weighted by molar-refractivity contribution is 0.226. The first-order chi connectivity index (χ1) is 8.54. The van der Waals surface area contributed by atoms with Crippen LogP contribution in [0.15, 0.2) is 0 Å². The van der Waals surface area contributed by atoms with Crippen LogP contribution in [0.3, 0.4) is 0 Å². The van der Waals surface area contributed by atoms with Gasteiger partial charge in [-0.3, -0.25) is 0 Å². The van der Waals surface area contributed by atoms with Crippen LogP contribution in [0.1, 0.15) is 51.9 Å². The molecule has 0 aromatic carbocycles. The van der Waals surface area contributed by atoms with Gasteiger partial charge in [-0.25, -0.2) is 8.42 Å². The molecule has 0 bridgehead atoms. The van der Waals surface area contributed by atoms with E-state index in [0.717, 1.165) is 25.2 Å². The average Bonchev–Trinajstić information content (AvgIpc) is 2.34. The molecule has 2 aliphatic rings. The summed E-state index contributed by atoms with van der Waals surface area (Å²) in [6.07, 6.45) is 7.70. The van der Waals surface area contributed by atoms with E-state index in [1.165, 1.54) is 25.7 Å². The minimum Gasteiger partial charge on any atom is -0.315 e. The number of rotatable bonds is 3. The largest absolute Gasteiger partial charge is 0.315 e. The molecular formula is C14H27NO2S. The van der Waals surface area contributed by atoms with Gasteiger partial charge in [0.2, 0.25) is 0 Å². The Kier molecular flexibility index (Phi) is 4.70. The Hall–Kier alpha value is -0.0900. The van der Waals surface area contributed by atoms with E-state index in [1.54, 1.807) is 0 Å². The third-order valence-corrected chi connectivity index (χ3v) is 7.24. The molecular weight excluding hydrogens is 246 g/mol. The van der Waals surface area contributed by atoms with Gasteiger partial charge in [0, 0.05) is 6.04 Å². The topological polar surface area (TPSA) is 46.2 Å². The summed E-state index contributed by atoms with van der Waals surface area (Å²) in [7, 11) is -0.923. The maximum Gasteiger partial charge on any atom is 0.154 e. The fourth-order valence-corrected chi connectivity index (χ4v) is 5.99. The highest BCUT2D eigenvalue weighted by Crippen LogP contribution is 2.35. The van der Waals surface area contributed by atoms with Crippen molar-refractivity contribution in [3.8, 4) is 0 Å². The molecule has 2 unspecified atom stereocenters. The van der Waals surface area contributed by atoms with Crippen molar-refractivity contribution < 1.29 is 8.42 Å². The van der Waals surface area contributed by atoms with E-state index in [2.05, 4.69) is 12.2 Å². The molecule has 0 aromatic heterocycles. The van der Waals surface area contributed by atoms with Crippen molar-refractivity contribution in [2.45, 2.75) is 63.2 Å². The molecule has 1 aliphatic carbocycles. The van der Waals surface area contributed by atoms with Crippen molar-refractivity contribution in [2.24, 2.45) is 11.8 Å². The van der Waals surface area contributed by atoms with Crippen LogP contribution in [0.5, 0.6) is 0 Å². The normalized spacial score (nSPS) is 38.2. The molecule has 0 radical (unpaired) electrons. The van der Waals surface area contributed by atoms with E-state index in [9.17, 15) is 8.42 Å². The minimum absolute atomic E-state index is 0.130. The van der Waals surface area contributed by atoms with E-state index in [4.69, 9.17) is 0 Å². The highest BCUT2D eigenvalue weighted by atomic mass is 32.2. The maximum absolute atomic E-state index is 12.2. The SMILES string of the molecule is CNC(C1CCC(C)CC1)C1CCCCS1(=O)=O. The van der Waals surface area contributed by atoms with Crippen molar-refractivity contribution in [3.63, 3.8) is 0 Å². The maximum atomic E-state index is 12.2. The van der Waals surface area contributed by atoms with Crippen LogP contribution >= 0.6 is 0 Å². The summed E-state index contributed by atoms with van der Waals surface area (Å²) in [6.45, 7) is 2.31. The molecule has 1 saturated carbocycles. The number of sulfone groups is 1. The second-order valence-electron chi connectivity index (χ2n) is 6.24. The van der Waals surface area contributed by atoms with Gasteiger partial charge in [-0.1, -0.05) is 26.2 Å². The minimum atomic E-state index is -2.86. The third kappa shape index (κ3) is 3.08. The summed E-state index contributed by atoms with van der Waals surface area (Å²) in [4.78, 5) is 0. The first-order valence-electron chi connectivity index (χ1n) is 7.43. The van der Waals surface area contributed by atoms with Crippen LogP contribution in [-0.4, -0.2) is 32.5 Å². The van der Waals surface area contributed by atoms with Crippen LogP contribution < -0.4 is 5.32 Å². The van der Waals surface area contributed by atoms with Crippen LogP contribution in [0.2, 0.25) is 0 Å². The monoisotopic (exact) mass is 273 g/mol. The van der Waals surface area contributed by atoms with Crippen LogP contribution in [-0.2, 0) is 9.84 Å². The van der Waals surface area contributed by atoms with Gasteiger partial charge in [-0.15, -0.1) is 0 Å². The molecule has 18 heavy (non-hydrogen) atoms. The molecule has 4 heteroatoms. The van der Waals surface area contributed by atoms with Crippen LogP contribution in [0, 0.1) is 11.8 Å². The Bertz CT molecular complexity index is 358. The van der Waals surface area contributed by atoms with Gasteiger partial charge in [-0.2, -0.15) is 0 Å². The zero-order chi connectivity index (χ0) is 13.2. The number of nitrogens with one attached hydrogen (secondary N) is 1. The van der Waals surface area contributed by atoms with Crippen LogP contribution in [0.4, 0.5) is 0 Å². The molecule has 1 heterocycles. The van der Waals surface area contributed by atoms with Crippen molar-refractivity contribution in [2.75, 3.05) is 12.8 Å². The molecule has 1 saturated heterocycles. The summed E-state index contributed by atoms with van der Waals surface area (Å²) in [6, 6.07) is 0.183. The standard InChI is InChI=1S/C14H27NO2S/c1-11-6-8-12(9-7-11)14(15-2)13-5-3-4-10-18(13,16)17/h11-15H,3-10H2,1-2H3. The number of hydrogen-bond donors (Lipinski definition) is 1. The number of hydrogen-bond acceptors (Lipinski definition) is 3. The second-order valence-corrected chi connectivity index (χ2v) is 8.58. The van der Waals surface area contributed by atoms with E-state index in [0.29, 0.717) is 11.7 Å². The van der Waals surface area contributed by atoms with E-state index >= 15 is 0 Å². The summed E-state index contributed by atoms with van der Waals surface area (Å²) in [5.74, 6) is 1.78. The molecule has 3 nitrogen and oxygen atoms in total. The molecule has 106 valence electrons. The third-order valence-electron chi connectivity index (χ3n) is 4.93. The van der Waals surface area contributed by atoms with Gasteiger partial charge in [0.1, 0.15) is 0 Å². The van der Waals surface area contributed by atoms with Crippen molar-refractivity contribution >= 4 is 9.84 Å². The zero-order valence-corrected chi connectivity index (χ0v) is 12.5. The Labute approximate surface area is 112 Å². The second kappa shape index (κ2) is 5.91. The smallest absolute Gasteiger partial charge is 0.154 e. The molecule has 2 atom stereocenters.